The van der Waals surface area contributed by atoms with Crippen LogP contribution in [0.2, 0.25) is 0 Å². The van der Waals surface area contributed by atoms with Crippen molar-refractivity contribution in [2.24, 2.45) is 0 Å². The molecule has 2 aromatic carbocycles. The first kappa shape index (κ1) is 17.7. The van der Waals surface area contributed by atoms with Gasteiger partial charge in [-0.25, -0.2) is 4.39 Å². The second-order valence-electron chi connectivity index (χ2n) is 6.53. The first-order chi connectivity index (χ1) is 11.8. The Morgan fingerprint density at radius 3 is 2.52 bits per heavy atom. The molecule has 2 atom stereocenters. The van der Waals surface area contributed by atoms with E-state index in [1.54, 1.807) is 0 Å². The van der Waals surface area contributed by atoms with Crippen LogP contribution in [-0.4, -0.2) is 23.5 Å². The summed E-state index contributed by atoms with van der Waals surface area (Å²) in [7, 11) is 0. The number of hydrogen-bond acceptors (Lipinski definition) is 2. The smallest absolute Gasteiger partial charge is 0.379 e. The van der Waals surface area contributed by atoms with Gasteiger partial charge in [-0.2, -0.15) is 13.2 Å². The number of alkyl halides is 3. The van der Waals surface area contributed by atoms with Gasteiger partial charge < -0.3 is 5.32 Å². The summed E-state index contributed by atoms with van der Waals surface area (Å²) in [4.78, 5) is 2.25. The Labute approximate surface area is 144 Å². The molecule has 0 amide bonds. The number of nitrogens with one attached hydrogen (secondary N) is 1. The number of hydrogen-bond donors (Lipinski definition) is 1. The molecule has 1 heterocycles. The highest BCUT2D eigenvalue weighted by atomic mass is 19.4. The fourth-order valence-corrected chi connectivity index (χ4v) is 3.27. The minimum absolute atomic E-state index is 0.0864. The highest BCUT2D eigenvalue weighted by molar-refractivity contribution is 5.49. The predicted molar refractivity (Wildman–Crippen MR) is 89.7 cm³/mol. The minimum Gasteiger partial charge on any atom is -0.379 e. The Morgan fingerprint density at radius 2 is 1.84 bits per heavy atom. The zero-order chi connectivity index (χ0) is 18.0. The molecule has 1 N–H and O–H groups in total. The van der Waals surface area contributed by atoms with Gasteiger partial charge in [-0.15, -0.1) is 0 Å². The largest absolute Gasteiger partial charge is 0.416 e. The Kier molecular flexibility index (Phi) is 4.99. The summed E-state index contributed by atoms with van der Waals surface area (Å²) >= 11 is 0. The molecule has 25 heavy (non-hydrogen) atoms. The van der Waals surface area contributed by atoms with Crippen molar-refractivity contribution in [1.29, 1.82) is 0 Å². The third kappa shape index (κ3) is 4.31. The molecule has 1 saturated heterocycles. The van der Waals surface area contributed by atoms with Crippen LogP contribution < -0.4 is 5.32 Å². The van der Waals surface area contributed by atoms with E-state index < -0.39 is 17.6 Å². The molecule has 0 saturated carbocycles. The standard InChI is InChI=1S/C19H20F4N2/c1-13-9-16(12-25(13)11-14-5-3-2-4-6-14)24-18-10-15(19(21,22)23)7-8-17(18)20/h2-8,10,13,16,24H,9,11-12H2,1H3. The Hall–Kier alpha value is -2.08. The van der Waals surface area contributed by atoms with Gasteiger partial charge in [-0.05, 0) is 37.1 Å². The maximum absolute atomic E-state index is 13.9. The van der Waals surface area contributed by atoms with Crippen LogP contribution in [0, 0.1) is 5.82 Å². The SMILES string of the molecule is CC1CC(Nc2cc(C(F)(F)F)ccc2F)CN1Cc1ccccc1. The molecule has 0 bridgehead atoms. The predicted octanol–water partition coefficient (Wildman–Crippen LogP) is 4.92. The summed E-state index contributed by atoms with van der Waals surface area (Å²) < 4.78 is 52.4. The van der Waals surface area contributed by atoms with Crippen molar-refractivity contribution < 1.29 is 17.6 Å². The van der Waals surface area contributed by atoms with E-state index in [4.69, 9.17) is 0 Å². The maximum Gasteiger partial charge on any atom is 0.416 e. The van der Waals surface area contributed by atoms with Crippen LogP contribution in [0.4, 0.5) is 23.2 Å². The van der Waals surface area contributed by atoms with Crippen molar-refractivity contribution in [3.63, 3.8) is 0 Å². The molecule has 1 fully saturated rings. The molecule has 1 aliphatic heterocycles. The van der Waals surface area contributed by atoms with Crippen LogP contribution in [0.15, 0.2) is 48.5 Å². The zero-order valence-corrected chi connectivity index (χ0v) is 13.9. The van der Waals surface area contributed by atoms with E-state index in [1.807, 2.05) is 30.3 Å². The van der Waals surface area contributed by atoms with E-state index in [0.717, 1.165) is 31.2 Å². The van der Waals surface area contributed by atoms with E-state index in [0.29, 0.717) is 6.54 Å². The molecule has 0 aromatic heterocycles. The first-order valence-corrected chi connectivity index (χ1v) is 8.24. The van der Waals surface area contributed by atoms with E-state index >= 15 is 0 Å². The molecule has 134 valence electrons. The first-order valence-electron chi connectivity index (χ1n) is 8.24. The van der Waals surface area contributed by atoms with Gasteiger partial charge in [-0.1, -0.05) is 30.3 Å². The third-order valence-corrected chi connectivity index (χ3v) is 4.59. The van der Waals surface area contributed by atoms with Crippen molar-refractivity contribution in [1.82, 2.24) is 4.90 Å². The van der Waals surface area contributed by atoms with Crippen LogP contribution in [0.25, 0.3) is 0 Å². The van der Waals surface area contributed by atoms with Gasteiger partial charge >= 0.3 is 6.18 Å². The fourth-order valence-electron chi connectivity index (χ4n) is 3.27. The number of halogens is 4. The van der Waals surface area contributed by atoms with Crippen molar-refractivity contribution in [3.05, 3.63) is 65.5 Å². The summed E-state index contributed by atoms with van der Waals surface area (Å²) in [6, 6.07) is 12.7. The van der Waals surface area contributed by atoms with Gasteiger partial charge in [0, 0.05) is 25.2 Å². The molecule has 2 nitrogen and oxygen atoms in total. The summed E-state index contributed by atoms with van der Waals surface area (Å²) in [6.45, 7) is 3.50. The monoisotopic (exact) mass is 352 g/mol. The van der Waals surface area contributed by atoms with Gasteiger partial charge in [0.25, 0.3) is 0 Å². The Bertz CT molecular complexity index is 715. The van der Waals surface area contributed by atoms with Gasteiger partial charge in [0.1, 0.15) is 5.82 Å². The Balaban J connectivity index is 1.68. The van der Waals surface area contributed by atoms with Crippen LogP contribution in [0.3, 0.4) is 0 Å². The molecule has 0 radical (unpaired) electrons. The second kappa shape index (κ2) is 7.04. The van der Waals surface area contributed by atoms with E-state index in [-0.39, 0.29) is 17.8 Å². The van der Waals surface area contributed by atoms with Crippen molar-refractivity contribution in [3.8, 4) is 0 Å². The van der Waals surface area contributed by atoms with Gasteiger partial charge in [0.2, 0.25) is 0 Å². The van der Waals surface area contributed by atoms with Crippen LogP contribution in [0.1, 0.15) is 24.5 Å². The normalized spacial score (nSPS) is 21.5. The highest BCUT2D eigenvalue weighted by Gasteiger charge is 2.33. The maximum atomic E-state index is 13.9. The van der Waals surface area contributed by atoms with Crippen molar-refractivity contribution >= 4 is 5.69 Å². The summed E-state index contributed by atoms with van der Waals surface area (Å²) in [6.07, 6.45) is -3.73. The summed E-state index contributed by atoms with van der Waals surface area (Å²) in [5, 5.41) is 2.95. The van der Waals surface area contributed by atoms with Crippen LogP contribution in [-0.2, 0) is 12.7 Å². The topological polar surface area (TPSA) is 15.3 Å². The van der Waals surface area contributed by atoms with Gasteiger partial charge in [0.05, 0.1) is 11.3 Å². The van der Waals surface area contributed by atoms with Crippen molar-refractivity contribution in [2.75, 3.05) is 11.9 Å². The van der Waals surface area contributed by atoms with Gasteiger partial charge in [0.15, 0.2) is 0 Å². The lowest BCUT2D eigenvalue weighted by Crippen LogP contribution is -2.28. The lowest BCUT2D eigenvalue weighted by Gasteiger charge is -2.21. The van der Waals surface area contributed by atoms with E-state index in [1.165, 1.54) is 5.56 Å². The number of nitrogens with zero attached hydrogens (tertiary/aromatic N) is 1. The number of benzene rings is 2. The van der Waals surface area contributed by atoms with E-state index in [2.05, 4.69) is 17.1 Å². The molecule has 0 spiro atoms. The van der Waals surface area contributed by atoms with Crippen LogP contribution >= 0.6 is 0 Å². The molecule has 6 heteroatoms. The van der Waals surface area contributed by atoms with E-state index in [9.17, 15) is 17.6 Å². The molecule has 0 aliphatic carbocycles. The average Bonchev–Trinajstić information content (AvgIpc) is 2.89. The molecule has 3 rings (SSSR count). The van der Waals surface area contributed by atoms with Gasteiger partial charge in [-0.3, -0.25) is 4.90 Å². The molecule has 2 unspecified atom stereocenters. The van der Waals surface area contributed by atoms with Crippen molar-refractivity contribution in [2.45, 2.75) is 38.1 Å². The molecule has 2 aromatic rings. The fraction of sp³-hybridized carbons (Fsp3) is 0.368. The third-order valence-electron chi connectivity index (χ3n) is 4.59. The average molecular weight is 352 g/mol. The summed E-state index contributed by atoms with van der Waals surface area (Å²) in [5.41, 5.74) is 0.248. The number of anilines is 1. The minimum atomic E-state index is -4.48. The molecular weight excluding hydrogens is 332 g/mol. The lowest BCUT2D eigenvalue weighted by molar-refractivity contribution is -0.137. The lowest BCUT2D eigenvalue weighted by atomic mass is 10.1. The number of rotatable bonds is 4. The molecular formula is C19H20F4N2. The zero-order valence-electron chi connectivity index (χ0n) is 13.9. The second-order valence-corrected chi connectivity index (χ2v) is 6.53. The summed E-state index contributed by atoms with van der Waals surface area (Å²) in [5.74, 6) is -0.665. The quantitative estimate of drug-likeness (QED) is 0.786. The van der Waals surface area contributed by atoms with Crippen LogP contribution in [0.5, 0.6) is 0 Å². The molecule has 1 aliphatic rings. The highest BCUT2D eigenvalue weighted by Crippen LogP contribution is 2.32. The number of likely N-dealkylation sites (tertiary alicyclic amines) is 1. The Morgan fingerprint density at radius 1 is 1.12 bits per heavy atom.